The molecule has 1 aliphatic heterocycles. The van der Waals surface area contributed by atoms with Gasteiger partial charge >= 0.3 is 0 Å². The fourth-order valence-corrected chi connectivity index (χ4v) is 3.84. The lowest BCUT2D eigenvalue weighted by Gasteiger charge is -2.19. The molecular formula is C25H20ClFN2O3. The van der Waals surface area contributed by atoms with Gasteiger partial charge in [-0.2, -0.15) is 0 Å². The molecule has 32 heavy (non-hydrogen) atoms. The number of amides is 2. The average Bonchev–Trinajstić information content (AvgIpc) is 3.00. The number of hydrogen-bond acceptors (Lipinski definition) is 4. The second-order valence-electron chi connectivity index (χ2n) is 7.46. The number of rotatable bonds is 5. The highest BCUT2D eigenvalue weighted by Crippen LogP contribution is 2.39. The Kier molecular flexibility index (Phi) is 5.72. The van der Waals surface area contributed by atoms with Gasteiger partial charge in [0.05, 0.1) is 18.4 Å². The monoisotopic (exact) mass is 450 g/mol. The zero-order chi connectivity index (χ0) is 23.0. The molecule has 0 bridgehead atoms. The first-order valence-electron chi connectivity index (χ1n) is 9.87. The molecule has 0 unspecified atom stereocenters. The molecule has 7 heteroatoms. The third kappa shape index (κ3) is 3.85. The lowest BCUT2D eigenvalue weighted by Crippen LogP contribution is -2.32. The van der Waals surface area contributed by atoms with E-state index in [1.807, 2.05) is 32.0 Å². The minimum absolute atomic E-state index is 0.0931. The van der Waals surface area contributed by atoms with Crippen LogP contribution in [0.15, 0.2) is 66.4 Å². The molecule has 1 N–H and O–H groups in total. The third-order valence-corrected chi connectivity index (χ3v) is 5.48. The Morgan fingerprint density at radius 1 is 0.938 bits per heavy atom. The van der Waals surface area contributed by atoms with Crippen molar-refractivity contribution in [1.82, 2.24) is 0 Å². The number of halogens is 2. The number of carbonyl (C=O) groups is 2. The number of aryl methyl sites for hydroxylation is 2. The van der Waals surface area contributed by atoms with Crippen molar-refractivity contribution in [2.75, 3.05) is 17.3 Å². The number of ether oxygens (including phenoxy) is 1. The largest absolute Gasteiger partial charge is 0.495 e. The Morgan fingerprint density at radius 2 is 1.66 bits per heavy atom. The van der Waals surface area contributed by atoms with Crippen molar-refractivity contribution in [1.29, 1.82) is 0 Å². The van der Waals surface area contributed by atoms with Gasteiger partial charge in [0.15, 0.2) is 0 Å². The van der Waals surface area contributed by atoms with Gasteiger partial charge in [-0.15, -0.1) is 0 Å². The van der Waals surface area contributed by atoms with E-state index in [1.165, 1.54) is 37.4 Å². The maximum atomic E-state index is 13.5. The van der Waals surface area contributed by atoms with E-state index in [2.05, 4.69) is 5.32 Å². The first-order chi connectivity index (χ1) is 15.3. The summed E-state index contributed by atoms with van der Waals surface area (Å²) in [4.78, 5) is 28.1. The maximum Gasteiger partial charge on any atom is 0.282 e. The standard InChI is InChI=1S/C25H20ClFN2O3/c1-14-4-10-19(15(2)12-14)28-23-22(16-5-8-18(27)9-6-16)24(30)29(25(23)31)20-13-17(26)7-11-21(20)32-3/h4-13,28H,1-3H3. The lowest BCUT2D eigenvalue weighted by molar-refractivity contribution is -0.120. The molecule has 0 saturated carbocycles. The van der Waals surface area contributed by atoms with E-state index in [1.54, 1.807) is 12.1 Å². The van der Waals surface area contributed by atoms with Crippen molar-refractivity contribution < 1.29 is 18.7 Å². The molecule has 5 nitrogen and oxygen atoms in total. The van der Waals surface area contributed by atoms with E-state index in [0.29, 0.717) is 22.0 Å². The molecule has 0 saturated heterocycles. The number of methoxy groups -OCH3 is 1. The van der Waals surface area contributed by atoms with E-state index in [4.69, 9.17) is 16.3 Å². The predicted octanol–water partition coefficient (Wildman–Crippen LogP) is 5.50. The van der Waals surface area contributed by atoms with E-state index < -0.39 is 17.6 Å². The van der Waals surface area contributed by atoms with Gasteiger partial charge in [-0.3, -0.25) is 9.59 Å². The predicted molar refractivity (Wildman–Crippen MR) is 123 cm³/mol. The van der Waals surface area contributed by atoms with E-state index >= 15 is 0 Å². The molecule has 1 aliphatic rings. The molecular weight excluding hydrogens is 431 g/mol. The fourth-order valence-electron chi connectivity index (χ4n) is 3.68. The summed E-state index contributed by atoms with van der Waals surface area (Å²) in [5.41, 5.74) is 3.54. The van der Waals surface area contributed by atoms with Crippen LogP contribution in [-0.2, 0) is 9.59 Å². The summed E-state index contributed by atoms with van der Waals surface area (Å²) in [6.45, 7) is 3.88. The van der Waals surface area contributed by atoms with Crippen molar-refractivity contribution in [3.63, 3.8) is 0 Å². The van der Waals surface area contributed by atoms with Gasteiger partial charge in [0, 0.05) is 10.7 Å². The van der Waals surface area contributed by atoms with Crippen LogP contribution in [0, 0.1) is 19.7 Å². The van der Waals surface area contributed by atoms with Crippen LogP contribution in [0.3, 0.4) is 0 Å². The van der Waals surface area contributed by atoms with Gasteiger partial charge in [0.2, 0.25) is 0 Å². The summed E-state index contributed by atoms with van der Waals surface area (Å²) in [5, 5.41) is 3.48. The van der Waals surface area contributed by atoms with Gasteiger partial charge in [0.25, 0.3) is 11.8 Å². The van der Waals surface area contributed by atoms with Crippen molar-refractivity contribution in [2.24, 2.45) is 0 Å². The summed E-state index contributed by atoms with van der Waals surface area (Å²) in [6.07, 6.45) is 0. The van der Waals surface area contributed by atoms with Crippen LogP contribution in [-0.4, -0.2) is 18.9 Å². The minimum Gasteiger partial charge on any atom is -0.495 e. The molecule has 0 spiro atoms. The molecule has 0 aromatic heterocycles. The zero-order valence-corrected chi connectivity index (χ0v) is 18.5. The summed E-state index contributed by atoms with van der Waals surface area (Å²) < 4.78 is 18.9. The highest BCUT2D eigenvalue weighted by Gasteiger charge is 2.41. The van der Waals surface area contributed by atoms with Crippen LogP contribution in [0.1, 0.15) is 16.7 Å². The minimum atomic E-state index is -0.561. The number of benzene rings is 3. The van der Waals surface area contributed by atoms with Crippen LogP contribution in [0.2, 0.25) is 5.02 Å². The second kappa shape index (κ2) is 8.48. The molecule has 0 aliphatic carbocycles. The van der Waals surface area contributed by atoms with Gasteiger partial charge in [-0.05, 0) is 61.4 Å². The summed E-state index contributed by atoms with van der Waals surface area (Å²) >= 11 is 6.14. The number of imide groups is 1. The molecule has 1 heterocycles. The number of anilines is 2. The average molecular weight is 451 g/mol. The number of nitrogens with zero attached hydrogens (tertiary/aromatic N) is 1. The SMILES string of the molecule is COc1ccc(Cl)cc1N1C(=O)C(Nc2ccc(C)cc2C)=C(c2ccc(F)cc2)C1=O. The van der Waals surface area contributed by atoms with Crippen molar-refractivity contribution in [3.05, 3.63) is 93.9 Å². The third-order valence-electron chi connectivity index (χ3n) is 5.24. The fraction of sp³-hybridized carbons (Fsp3) is 0.120. The molecule has 3 aromatic rings. The van der Waals surface area contributed by atoms with E-state index in [0.717, 1.165) is 16.0 Å². The van der Waals surface area contributed by atoms with Gasteiger partial charge in [-0.1, -0.05) is 41.4 Å². The summed E-state index contributed by atoms with van der Waals surface area (Å²) in [7, 11) is 1.45. The Labute approximate surface area is 190 Å². The highest BCUT2D eigenvalue weighted by molar-refractivity contribution is 6.46. The quantitative estimate of drug-likeness (QED) is 0.521. The van der Waals surface area contributed by atoms with Crippen molar-refractivity contribution in [3.8, 4) is 5.75 Å². The Balaban J connectivity index is 1.87. The second-order valence-corrected chi connectivity index (χ2v) is 7.90. The summed E-state index contributed by atoms with van der Waals surface area (Å²) in [5.74, 6) is -1.24. The molecule has 162 valence electrons. The normalized spacial score (nSPS) is 13.7. The Morgan fingerprint density at radius 3 is 2.31 bits per heavy atom. The molecule has 2 amide bonds. The highest BCUT2D eigenvalue weighted by atomic mass is 35.5. The molecule has 0 fully saturated rings. The van der Waals surface area contributed by atoms with Crippen LogP contribution >= 0.6 is 11.6 Å². The summed E-state index contributed by atoms with van der Waals surface area (Å²) in [6, 6.07) is 15.9. The van der Waals surface area contributed by atoms with Crippen molar-refractivity contribution >= 4 is 40.4 Å². The van der Waals surface area contributed by atoms with E-state index in [9.17, 15) is 14.0 Å². The smallest absolute Gasteiger partial charge is 0.282 e. The van der Waals surface area contributed by atoms with Crippen molar-refractivity contribution in [2.45, 2.75) is 13.8 Å². The number of nitrogens with one attached hydrogen (secondary N) is 1. The van der Waals surface area contributed by atoms with Gasteiger partial charge in [-0.25, -0.2) is 9.29 Å². The molecule has 3 aromatic carbocycles. The number of carbonyl (C=O) groups excluding carboxylic acids is 2. The zero-order valence-electron chi connectivity index (χ0n) is 17.7. The van der Waals surface area contributed by atoms with E-state index in [-0.39, 0.29) is 17.0 Å². The van der Waals surface area contributed by atoms with Crippen LogP contribution in [0.5, 0.6) is 5.75 Å². The van der Waals surface area contributed by atoms with Gasteiger partial charge < -0.3 is 10.1 Å². The molecule has 0 radical (unpaired) electrons. The van der Waals surface area contributed by atoms with Crippen LogP contribution in [0.4, 0.5) is 15.8 Å². The topological polar surface area (TPSA) is 58.6 Å². The molecule has 0 atom stereocenters. The Hall–Kier alpha value is -3.64. The van der Waals surface area contributed by atoms with Gasteiger partial charge in [0.1, 0.15) is 17.3 Å². The molecule has 4 rings (SSSR count). The van der Waals surface area contributed by atoms with Crippen LogP contribution in [0.25, 0.3) is 5.57 Å². The maximum absolute atomic E-state index is 13.5. The van der Waals surface area contributed by atoms with Crippen LogP contribution < -0.4 is 15.0 Å². The first kappa shape index (κ1) is 21.6. The first-order valence-corrected chi connectivity index (χ1v) is 10.2. The lowest BCUT2D eigenvalue weighted by atomic mass is 10.0. The Bertz CT molecular complexity index is 1270. The number of hydrogen-bond donors (Lipinski definition) is 1.